The molecule has 166 valence electrons. The van der Waals surface area contributed by atoms with Crippen molar-refractivity contribution in [2.75, 3.05) is 19.6 Å². The summed E-state index contributed by atoms with van der Waals surface area (Å²) in [4.78, 5) is 7.63. The zero-order valence-electron chi connectivity index (χ0n) is 16.4. The van der Waals surface area contributed by atoms with Crippen LogP contribution in [0.15, 0.2) is 54.2 Å². The topological polar surface area (TPSA) is 44.7 Å². The van der Waals surface area contributed by atoms with Gasteiger partial charge in [0.05, 0.1) is 21.9 Å². The predicted octanol–water partition coefficient (Wildman–Crippen LogP) is 4.94. The monoisotopic (exact) mass is 456 g/mol. The third-order valence-electron chi connectivity index (χ3n) is 5.75. The van der Waals surface area contributed by atoms with E-state index in [9.17, 15) is 22.7 Å². The molecule has 0 aromatic heterocycles. The molecule has 2 aromatic carbocycles. The lowest BCUT2D eigenvalue weighted by Crippen LogP contribution is -2.43. The molecule has 1 atom stereocenters. The van der Waals surface area contributed by atoms with Crippen LogP contribution < -0.4 is 5.48 Å². The second-order valence-corrected chi connectivity index (χ2v) is 8.29. The fourth-order valence-corrected chi connectivity index (χ4v) is 4.16. The van der Waals surface area contributed by atoms with Crippen LogP contribution in [0.5, 0.6) is 0 Å². The summed E-state index contributed by atoms with van der Waals surface area (Å²) in [6.07, 6.45) is -2.41. The van der Waals surface area contributed by atoms with Gasteiger partial charge in [-0.3, -0.25) is 15.2 Å². The molecule has 4 nitrogen and oxygen atoms in total. The summed E-state index contributed by atoms with van der Waals surface area (Å²) in [6.45, 7) is 1.55. The van der Waals surface area contributed by atoms with Crippen LogP contribution in [0.4, 0.5) is 17.6 Å². The van der Waals surface area contributed by atoms with E-state index in [0.29, 0.717) is 32.5 Å². The Morgan fingerprint density at radius 1 is 1.13 bits per heavy atom. The van der Waals surface area contributed by atoms with Crippen molar-refractivity contribution < 1.29 is 27.5 Å². The molecule has 9 heteroatoms. The first kappa shape index (κ1) is 22.1. The number of hydrogen-bond acceptors (Lipinski definition) is 4. The molecule has 2 N–H and O–H groups in total. The zero-order valence-corrected chi connectivity index (χ0v) is 17.2. The van der Waals surface area contributed by atoms with E-state index in [1.165, 1.54) is 24.3 Å². The lowest BCUT2D eigenvalue weighted by molar-refractivity contribution is -0.137. The van der Waals surface area contributed by atoms with Crippen molar-refractivity contribution in [2.45, 2.75) is 30.7 Å². The molecule has 2 aliphatic rings. The average Bonchev–Trinajstić information content (AvgIpc) is 3.18. The van der Waals surface area contributed by atoms with Crippen molar-refractivity contribution in [2.24, 2.45) is 0 Å². The van der Waals surface area contributed by atoms with E-state index in [2.05, 4.69) is 10.4 Å². The van der Waals surface area contributed by atoms with Crippen LogP contribution in [0.1, 0.15) is 35.6 Å². The van der Waals surface area contributed by atoms with Gasteiger partial charge in [-0.25, -0.2) is 4.39 Å². The SMILES string of the molecule is OC1(c2ccc(Cl)c(C(F)(F)F)c2)CCN(CC2=CC(c3ccc(F)cc3)ON2)CC1. The lowest BCUT2D eigenvalue weighted by Gasteiger charge is -2.38. The molecule has 1 saturated heterocycles. The molecule has 1 unspecified atom stereocenters. The first-order valence-electron chi connectivity index (χ1n) is 9.84. The minimum absolute atomic E-state index is 0.224. The molecule has 2 heterocycles. The van der Waals surface area contributed by atoms with Crippen molar-refractivity contribution in [3.8, 4) is 0 Å². The Bertz CT molecular complexity index is 970. The zero-order chi connectivity index (χ0) is 22.2. The molecule has 4 rings (SSSR count). The molecule has 31 heavy (non-hydrogen) atoms. The molecule has 0 amide bonds. The highest BCUT2D eigenvalue weighted by Gasteiger charge is 2.38. The number of halogens is 5. The summed E-state index contributed by atoms with van der Waals surface area (Å²) in [5, 5.41) is 10.6. The Hall–Kier alpha value is -2.13. The molecule has 0 radical (unpaired) electrons. The van der Waals surface area contributed by atoms with Crippen molar-refractivity contribution in [1.29, 1.82) is 0 Å². The van der Waals surface area contributed by atoms with Crippen LogP contribution in [0.3, 0.4) is 0 Å². The Morgan fingerprint density at radius 3 is 2.45 bits per heavy atom. The number of hydrogen-bond donors (Lipinski definition) is 2. The fourth-order valence-electron chi connectivity index (χ4n) is 3.93. The quantitative estimate of drug-likeness (QED) is 0.640. The van der Waals surface area contributed by atoms with Gasteiger partial charge in [0.15, 0.2) is 0 Å². The van der Waals surface area contributed by atoms with Gasteiger partial charge in [-0.15, -0.1) is 0 Å². The third kappa shape index (κ3) is 4.87. The maximum absolute atomic E-state index is 13.2. The van der Waals surface area contributed by atoms with Gasteiger partial charge in [-0.05, 0) is 54.3 Å². The number of alkyl halides is 3. The maximum Gasteiger partial charge on any atom is 0.417 e. The van der Waals surface area contributed by atoms with E-state index >= 15 is 0 Å². The molecule has 2 aliphatic heterocycles. The molecular weight excluding hydrogens is 436 g/mol. The standard InChI is InChI=1S/C22H21ClF4N2O2/c23-19-6-3-15(11-18(19)22(25,26)27)21(30)7-9-29(10-8-21)13-17-12-20(31-28-17)14-1-4-16(24)5-2-14/h1-6,11-12,20,28,30H,7-10,13H2. The Kier molecular flexibility index (Phi) is 6.00. The van der Waals surface area contributed by atoms with E-state index in [-0.39, 0.29) is 22.5 Å². The first-order chi connectivity index (χ1) is 14.6. The summed E-state index contributed by atoms with van der Waals surface area (Å²) >= 11 is 5.69. The normalized spacial score (nSPS) is 21.6. The summed E-state index contributed by atoms with van der Waals surface area (Å²) in [5.41, 5.74) is 2.48. The van der Waals surface area contributed by atoms with Crippen LogP contribution in [0.25, 0.3) is 0 Å². The van der Waals surface area contributed by atoms with Gasteiger partial charge in [0, 0.05) is 19.6 Å². The second kappa shape index (κ2) is 8.43. The van der Waals surface area contributed by atoms with Crippen molar-refractivity contribution in [1.82, 2.24) is 10.4 Å². The lowest BCUT2D eigenvalue weighted by atomic mass is 9.83. The maximum atomic E-state index is 13.2. The van der Waals surface area contributed by atoms with Crippen molar-refractivity contribution in [3.63, 3.8) is 0 Å². The van der Waals surface area contributed by atoms with Gasteiger partial charge in [-0.1, -0.05) is 29.8 Å². The molecule has 0 saturated carbocycles. The summed E-state index contributed by atoms with van der Waals surface area (Å²) in [6, 6.07) is 9.64. The Labute approximate surface area is 182 Å². The number of piperidine rings is 1. The van der Waals surface area contributed by atoms with Crippen LogP contribution in [0.2, 0.25) is 5.02 Å². The minimum Gasteiger partial charge on any atom is -0.385 e. The van der Waals surface area contributed by atoms with Crippen molar-refractivity contribution >= 4 is 11.6 Å². The number of nitrogens with one attached hydrogen (secondary N) is 1. The third-order valence-corrected chi connectivity index (χ3v) is 6.08. The van der Waals surface area contributed by atoms with E-state index < -0.39 is 17.3 Å². The van der Waals surface area contributed by atoms with Gasteiger partial charge in [0.25, 0.3) is 0 Å². The van der Waals surface area contributed by atoms with Gasteiger partial charge < -0.3 is 5.11 Å². The summed E-state index contributed by atoms with van der Waals surface area (Å²) in [5.74, 6) is -0.317. The van der Waals surface area contributed by atoms with E-state index in [1.54, 1.807) is 12.1 Å². The van der Waals surface area contributed by atoms with E-state index in [1.807, 2.05) is 6.08 Å². The highest BCUT2D eigenvalue weighted by atomic mass is 35.5. The number of nitrogens with zero attached hydrogens (tertiary/aromatic N) is 1. The van der Waals surface area contributed by atoms with Crippen LogP contribution in [-0.2, 0) is 16.6 Å². The van der Waals surface area contributed by atoms with Crippen LogP contribution in [-0.4, -0.2) is 29.6 Å². The van der Waals surface area contributed by atoms with Crippen LogP contribution in [0, 0.1) is 5.82 Å². The number of hydroxylamine groups is 1. The highest BCUT2D eigenvalue weighted by Crippen LogP contribution is 2.40. The molecule has 0 bridgehead atoms. The molecular formula is C22H21ClF4N2O2. The summed E-state index contributed by atoms with van der Waals surface area (Å²) in [7, 11) is 0. The number of rotatable bonds is 4. The van der Waals surface area contributed by atoms with Crippen LogP contribution >= 0.6 is 11.6 Å². The average molecular weight is 457 g/mol. The van der Waals surface area contributed by atoms with Gasteiger partial charge in [-0.2, -0.15) is 13.2 Å². The van der Waals surface area contributed by atoms with Gasteiger partial charge in [0.1, 0.15) is 11.9 Å². The summed E-state index contributed by atoms with van der Waals surface area (Å²) < 4.78 is 52.6. The number of likely N-dealkylation sites (tertiary alicyclic amines) is 1. The van der Waals surface area contributed by atoms with Crippen molar-refractivity contribution in [3.05, 3.63) is 81.8 Å². The number of benzene rings is 2. The minimum atomic E-state index is -4.58. The largest absolute Gasteiger partial charge is 0.417 e. The van der Waals surface area contributed by atoms with E-state index in [4.69, 9.17) is 16.4 Å². The predicted molar refractivity (Wildman–Crippen MR) is 107 cm³/mol. The second-order valence-electron chi connectivity index (χ2n) is 7.88. The van der Waals surface area contributed by atoms with Gasteiger partial charge >= 0.3 is 6.18 Å². The molecule has 2 aromatic rings. The molecule has 1 fully saturated rings. The van der Waals surface area contributed by atoms with Gasteiger partial charge in [0.2, 0.25) is 0 Å². The highest BCUT2D eigenvalue weighted by molar-refractivity contribution is 6.31. The molecule has 0 spiro atoms. The Balaban J connectivity index is 1.39. The molecule has 0 aliphatic carbocycles. The Morgan fingerprint density at radius 2 is 1.81 bits per heavy atom. The smallest absolute Gasteiger partial charge is 0.385 e. The number of aliphatic hydroxyl groups is 1. The van der Waals surface area contributed by atoms with E-state index in [0.717, 1.165) is 17.3 Å². The fraction of sp³-hybridized carbons (Fsp3) is 0.364. The first-order valence-corrected chi connectivity index (χ1v) is 10.2.